The smallest absolute Gasteiger partial charge is 0.106 e. The Bertz CT molecular complexity index is 491. The number of nitrogens with zero attached hydrogens (tertiary/aromatic N) is 1. The first-order valence-electron chi connectivity index (χ1n) is 5.27. The summed E-state index contributed by atoms with van der Waals surface area (Å²) in [5.41, 5.74) is 8.64. The van der Waals surface area contributed by atoms with Crippen molar-refractivity contribution in [3.63, 3.8) is 0 Å². The first kappa shape index (κ1) is 11.2. The molecular weight excluding hydrogens is 222 g/mol. The summed E-state index contributed by atoms with van der Waals surface area (Å²) in [6.07, 6.45) is 2.74. The van der Waals surface area contributed by atoms with Gasteiger partial charge >= 0.3 is 0 Å². The first-order chi connectivity index (χ1) is 7.74. The van der Waals surface area contributed by atoms with E-state index in [2.05, 4.69) is 16.9 Å². The normalized spacial score (nSPS) is 10.7. The lowest BCUT2D eigenvalue weighted by Crippen LogP contribution is -1.97. The molecule has 3 N–H and O–H groups in total. The van der Waals surface area contributed by atoms with Crippen LogP contribution in [-0.4, -0.2) is 9.97 Å². The Labute approximate surface area is 99.7 Å². The molecular formula is C12H14ClN3. The molecule has 1 aromatic heterocycles. The lowest BCUT2D eigenvalue weighted by Gasteiger charge is -2.03. The van der Waals surface area contributed by atoms with Gasteiger partial charge in [0.2, 0.25) is 0 Å². The molecule has 1 aromatic carbocycles. The van der Waals surface area contributed by atoms with E-state index in [4.69, 9.17) is 17.3 Å². The first-order valence-corrected chi connectivity index (χ1v) is 5.65. The summed E-state index contributed by atoms with van der Waals surface area (Å²) >= 11 is 6.01. The Hall–Kier alpha value is -1.32. The Morgan fingerprint density at radius 1 is 1.44 bits per heavy atom. The molecule has 2 rings (SSSR count). The molecule has 16 heavy (non-hydrogen) atoms. The number of nitrogens with one attached hydrogen (secondary N) is 1. The van der Waals surface area contributed by atoms with Gasteiger partial charge in [-0.3, -0.25) is 0 Å². The van der Waals surface area contributed by atoms with Crippen molar-refractivity contribution in [3.05, 3.63) is 40.8 Å². The molecule has 4 heteroatoms. The van der Waals surface area contributed by atoms with E-state index in [9.17, 15) is 0 Å². The maximum atomic E-state index is 6.01. The molecule has 0 aliphatic carbocycles. The molecule has 0 radical (unpaired) electrons. The maximum Gasteiger partial charge on any atom is 0.106 e. The topological polar surface area (TPSA) is 54.7 Å². The van der Waals surface area contributed by atoms with Crippen molar-refractivity contribution in [3.8, 4) is 11.3 Å². The zero-order chi connectivity index (χ0) is 11.5. The number of hydrogen-bond acceptors (Lipinski definition) is 2. The summed E-state index contributed by atoms with van der Waals surface area (Å²) in [5, 5.41) is 0.710. The van der Waals surface area contributed by atoms with E-state index < -0.39 is 0 Å². The van der Waals surface area contributed by atoms with Crippen LogP contribution in [0.1, 0.15) is 18.3 Å². The molecule has 84 valence electrons. The Kier molecular flexibility index (Phi) is 3.27. The molecule has 0 fully saturated rings. The lowest BCUT2D eigenvalue weighted by atomic mass is 10.1. The third-order valence-corrected chi connectivity index (χ3v) is 2.91. The van der Waals surface area contributed by atoms with Crippen molar-refractivity contribution < 1.29 is 0 Å². The van der Waals surface area contributed by atoms with Crippen LogP contribution in [0.3, 0.4) is 0 Å². The molecule has 0 saturated heterocycles. The van der Waals surface area contributed by atoms with Crippen molar-refractivity contribution in [2.45, 2.75) is 19.9 Å². The van der Waals surface area contributed by atoms with Crippen molar-refractivity contribution >= 4 is 11.6 Å². The van der Waals surface area contributed by atoms with Gasteiger partial charge in [-0.1, -0.05) is 24.6 Å². The number of hydrogen-bond donors (Lipinski definition) is 2. The molecule has 0 aliphatic heterocycles. The third kappa shape index (κ3) is 2.10. The largest absolute Gasteiger partial charge is 0.342 e. The van der Waals surface area contributed by atoms with E-state index in [1.165, 1.54) is 0 Å². The summed E-state index contributed by atoms with van der Waals surface area (Å²) in [5.74, 6) is 0.985. The number of aryl methyl sites for hydroxylation is 1. The van der Waals surface area contributed by atoms with Gasteiger partial charge in [0.05, 0.1) is 11.9 Å². The number of rotatable bonds is 3. The molecule has 2 aromatic rings. The minimum absolute atomic E-state index is 0.446. The maximum absolute atomic E-state index is 6.01. The number of H-pyrrole nitrogens is 1. The van der Waals surface area contributed by atoms with Gasteiger partial charge in [0.1, 0.15) is 5.82 Å². The summed E-state index contributed by atoms with van der Waals surface area (Å²) < 4.78 is 0. The van der Waals surface area contributed by atoms with Gasteiger partial charge < -0.3 is 10.7 Å². The molecule has 1 heterocycles. The van der Waals surface area contributed by atoms with Gasteiger partial charge in [0.25, 0.3) is 0 Å². The predicted molar refractivity (Wildman–Crippen MR) is 66.3 cm³/mol. The second kappa shape index (κ2) is 4.68. The van der Waals surface area contributed by atoms with Gasteiger partial charge in [-0.05, 0) is 23.3 Å². The van der Waals surface area contributed by atoms with Crippen LogP contribution in [0.25, 0.3) is 11.3 Å². The molecule has 0 atom stereocenters. The Morgan fingerprint density at radius 2 is 2.25 bits per heavy atom. The molecule has 0 saturated carbocycles. The summed E-state index contributed by atoms with van der Waals surface area (Å²) in [6.45, 7) is 2.51. The molecule has 0 bridgehead atoms. The van der Waals surface area contributed by atoms with Crippen LogP contribution in [0.4, 0.5) is 0 Å². The summed E-state index contributed by atoms with van der Waals surface area (Å²) in [7, 11) is 0. The molecule has 3 nitrogen and oxygen atoms in total. The number of halogens is 1. The Balaban J connectivity index is 2.40. The van der Waals surface area contributed by atoms with Crippen LogP contribution < -0.4 is 5.73 Å². The van der Waals surface area contributed by atoms with Gasteiger partial charge in [-0.2, -0.15) is 0 Å². The third-order valence-electron chi connectivity index (χ3n) is 2.54. The van der Waals surface area contributed by atoms with Gasteiger partial charge in [-0.15, -0.1) is 0 Å². The standard InChI is InChI=1S/C12H14ClN3/c1-2-12-15-7-11(16-12)8-3-4-10(13)9(5-8)6-14/h3-5,7H,2,6,14H2,1H3,(H,15,16). The van der Waals surface area contributed by atoms with Crippen molar-refractivity contribution in [2.24, 2.45) is 5.73 Å². The average Bonchev–Trinajstić information content (AvgIpc) is 2.78. The van der Waals surface area contributed by atoms with Crippen LogP contribution in [-0.2, 0) is 13.0 Å². The van der Waals surface area contributed by atoms with Crippen LogP contribution in [0.2, 0.25) is 5.02 Å². The van der Waals surface area contributed by atoms with Gasteiger partial charge in [0, 0.05) is 18.0 Å². The SMILES string of the molecule is CCc1ncc(-c2ccc(Cl)c(CN)c2)[nH]1. The molecule has 0 unspecified atom stereocenters. The highest BCUT2D eigenvalue weighted by Crippen LogP contribution is 2.23. The van der Waals surface area contributed by atoms with Crippen LogP contribution in [0.15, 0.2) is 24.4 Å². The number of aromatic amines is 1. The molecule has 0 spiro atoms. The second-order valence-electron chi connectivity index (χ2n) is 3.61. The van der Waals surface area contributed by atoms with Crippen molar-refractivity contribution in [1.29, 1.82) is 0 Å². The van der Waals surface area contributed by atoms with E-state index >= 15 is 0 Å². The van der Waals surface area contributed by atoms with Gasteiger partial charge in [-0.25, -0.2) is 4.98 Å². The molecule has 0 amide bonds. The molecule has 0 aliphatic rings. The summed E-state index contributed by atoms with van der Waals surface area (Å²) in [4.78, 5) is 7.52. The average molecular weight is 236 g/mol. The van der Waals surface area contributed by atoms with Crippen molar-refractivity contribution in [1.82, 2.24) is 9.97 Å². The van der Waals surface area contributed by atoms with Crippen LogP contribution in [0.5, 0.6) is 0 Å². The number of nitrogens with two attached hydrogens (primary N) is 1. The van der Waals surface area contributed by atoms with Crippen molar-refractivity contribution in [2.75, 3.05) is 0 Å². The fourth-order valence-corrected chi connectivity index (χ4v) is 1.78. The predicted octanol–water partition coefficient (Wildman–Crippen LogP) is 2.75. The zero-order valence-electron chi connectivity index (χ0n) is 9.13. The zero-order valence-corrected chi connectivity index (χ0v) is 9.88. The van der Waals surface area contributed by atoms with Gasteiger partial charge in [0.15, 0.2) is 0 Å². The van der Waals surface area contributed by atoms with Crippen LogP contribution in [0, 0.1) is 0 Å². The fourth-order valence-electron chi connectivity index (χ4n) is 1.59. The highest BCUT2D eigenvalue weighted by atomic mass is 35.5. The minimum Gasteiger partial charge on any atom is -0.342 e. The number of aromatic nitrogens is 2. The van der Waals surface area contributed by atoms with E-state index in [1.807, 2.05) is 24.4 Å². The fraction of sp³-hybridized carbons (Fsp3) is 0.250. The monoisotopic (exact) mass is 235 g/mol. The van der Waals surface area contributed by atoms with E-state index in [0.29, 0.717) is 11.6 Å². The quantitative estimate of drug-likeness (QED) is 0.860. The Morgan fingerprint density at radius 3 is 2.88 bits per heavy atom. The second-order valence-corrected chi connectivity index (χ2v) is 4.01. The highest BCUT2D eigenvalue weighted by molar-refractivity contribution is 6.31. The highest BCUT2D eigenvalue weighted by Gasteiger charge is 2.05. The lowest BCUT2D eigenvalue weighted by molar-refractivity contribution is 0.990. The van der Waals surface area contributed by atoms with E-state index in [-0.39, 0.29) is 0 Å². The van der Waals surface area contributed by atoms with E-state index in [0.717, 1.165) is 29.1 Å². The number of imidazole rings is 1. The minimum atomic E-state index is 0.446. The summed E-state index contributed by atoms with van der Waals surface area (Å²) in [6, 6.07) is 5.83. The van der Waals surface area contributed by atoms with Crippen LogP contribution >= 0.6 is 11.6 Å². The number of benzene rings is 1. The van der Waals surface area contributed by atoms with E-state index in [1.54, 1.807) is 0 Å².